The third-order valence-electron chi connectivity index (χ3n) is 3.62. The zero-order valence-electron chi connectivity index (χ0n) is 10.3. The van der Waals surface area contributed by atoms with Gasteiger partial charge in [-0.25, -0.2) is 0 Å². The van der Waals surface area contributed by atoms with E-state index < -0.39 is 0 Å². The van der Waals surface area contributed by atoms with Gasteiger partial charge in [0.15, 0.2) is 0 Å². The van der Waals surface area contributed by atoms with Gasteiger partial charge in [-0.15, -0.1) is 0 Å². The van der Waals surface area contributed by atoms with Gasteiger partial charge in [0.05, 0.1) is 6.20 Å². The molecule has 2 aromatic rings. The van der Waals surface area contributed by atoms with Crippen molar-refractivity contribution in [1.82, 2.24) is 15.5 Å². The first-order valence-corrected chi connectivity index (χ1v) is 6.59. The van der Waals surface area contributed by atoms with Gasteiger partial charge in [0, 0.05) is 28.9 Å². The highest BCUT2D eigenvalue weighted by atomic mass is 35.5. The minimum Gasteiger partial charge on any atom is -0.309 e. The molecular formula is C14H16ClN3. The lowest BCUT2D eigenvalue weighted by molar-refractivity contribution is 0.532. The minimum absolute atomic E-state index is 0.507. The standard InChI is InChI=1S/C14H16ClN3/c1-9-12(8-17-18-9)7-16-14-5-10-2-3-13(15)4-11(10)6-14/h2-4,8,14,16H,5-7H2,1H3,(H,17,18). The average molecular weight is 262 g/mol. The van der Waals surface area contributed by atoms with E-state index in [0.717, 1.165) is 30.1 Å². The van der Waals surface area contributed by atoms with Gasteiger partial charge in [0.25, 0.3) is 0 Å². The molecule has 3 nitrogen and oxygen atoms in total. The number of benzene rings is 1. The van der Waals surface area contributed by atoms with E-state index in [1.807, 2.05) is 19.2 Å². The van der Waals surface area contributed by atoms with Gasteiger partial charge in [-0.05, 0) is 43.0 Å². The first kappa shape index (κ1) is 11.8. The molecule has 4 heteroatoms. The molecule has 1 heterocycles. The quantitative estimate of drug-likeness (QED) is 0.892. The maximum absolute atomic E-state index is 6.02. The number of nitrogens with one attached hydrogen (secondary N) is 2. The predicted octanol–water partition coefficient (Wildman–Crippen LogP) is 2.63. The van der Waals surface area contributed by atoms with Crippen LogP contribution in [0.5, 0.6) is 0 Å². The number of aromatic nitrogens is 2. The van der Waals surface area contributed by atoms with Crippen LogP contribution in [0.2, 0.25) is 5.02 Å². The third kappa shape index (κ3) is 2.28. The SMILES string of the molecule is Cc1[nH]ncc1CNC1Cc2ccc(Cl)cc2C1. The predicted molar refractivity (Wildman–Crippen MR) is 72.8 cm³/mol. The number of hydrogen-bond donors (Lipinski definition) is 2. The summed E-state index contributed by atoms with van der Waals surface area (Å²) in [6.45, 7) is 2.92. The van der Waals surface area contributed by atoms with E-state index >= 15 is 0 Å². The Balaban J connectivity index is 1.63. The molecule has 0 saturated heterocycles. The van der Waals surface area contributed by atoms with Crippen molar-refractivity contribution in [1.29, 1.82) is 0 Å². The van der Waals surface area contributed by atoms with Gasteiger partial charge >= 0.3 is 0 Å². The lowest BCUT2D eigenvalue weighted by atomic mass is 10.1. The summed E-state index contributed by atoms with van der Waals surface area (Å²) >= 11 is 6.02. The molecule has 1 unspecified atom stereocenters. The Morgan fingerprint density at radius 2 is 2.22 bits per heavy atom. The lowest BCUT2D eigenvalue weighted by Crippen LogP contribution is -2.29. The summed E-state index contributed by atoms with van der Waals surface area (Å²) in [5, 5.41) is 11.4. The summed E-state index contributed by atoms with van der Waals surface area (Å²) in [4.78, 5) is 0. The summed E-state index contributed by atoms with van der Waals surface area (Å²) in [5.74, 6) is 0. The number of fused-ring (bicyclic) bond motifs is 1. The van der Waals surface area contributed by atoms with Crippen LogP contribution in [-0.2, 0) is 19.4 Å². The molecule has 0 saturated carbocycles. The Morgan fingerprint density at radius 3 is 3.00 bits per heavy atom. The second kappa shape index (κ2) is 4.75. The number of rotatable bonds is 3. The van der Waals surface area contributed by atoms with Crippen LogP contribution in [0.4, 0.5) is 0 Å². The van der Waals surface area contributed by atoms with Gasteiger partial charge in [0.1, 0.15) is 0 Å². The Labute approximate surface area is 112 Å². The average Bonchev–Trinajstić information content (AvgIpc) is 2.92. The van der Waals surface area contributed by atoms with Crippen LogP contribution in [-0.4, -0.2) is 16.2 Å². The minimum atomic E-state index is 0.507. The molecule has 1 atom stereocenters. The van der Waals surface area contributed by atoms with Crippen molar-refractivity contribution >= 4 is 11.6 Å². The highest BCUT2D eigenvalue weighted by molar-refractivity contribution is 6.30. The second-order valence-corrected chi connectivity index (χ2v) is 5.36. The summed E-state index contributed by atoms with van der Waals surface area (Å²) in [6.07, 6.45) is 4.04. The lowest BCUT2D eigenvalue weighted by Gasteiger charge is -2.11. The zero-order valence-corrected chi connectivity index (χ0v) is 11.1. The molecule has 0 aliphatic heterocycles. The zero-order chi connectivity index (χ0) is 12.5. The van der Waals surface area contributed by atoms with E-state index in [1.165, 1.54) is 16.7 Å². The third-order valence-corrected chi connectivity index (χ3v) is 3.85. The van der Waals surface area contributed by atoms with Crippen LogP contribution in [0, 0.1) is 6.92 Å². The van der Waals surface area contributed by atoms with Crippen LogP contribution >= 0.6 is 11.6 Å². The van der Waals surface area contributed by atoms with Crippen molar-refractivity contribution in [2.75, 3.05) is 0 Å². The fourth-order valence-corrected chi connectivity index (χ4v) is 2.73. The number of aryl methyl sites for hydroxylation is 1. The highest BCUT2D eigenvalue weighted by Crippen LogP contribution is 2.25. The van der Waals surface area contributed by atoms with Crippen LogP contribution in [0.1, 0.15) is 22.4 Å². The Hall–Kier alpha value is -1.32. The largest absolute Gasteiger partial charge is 0.309 e. The fourth-order valence-electron chi connectivity index (χ4n) is 2.54. The molecule has 1 aromatic carbocycles. The van der Waals surface area contributed by atoms with E-state index in [4.69, 9.17) is 11.6 Å². The fraction of sp³-hybridized carbons (Fsp3) is 0.357. The van der Waals surface area contributed by atoms with E-state index in [0.29, 0.717) is 6.04 Å². The van der Waals surface area contributed by atoms with Gasteiger partial charge < -0.3 is 5.32 Å². The van der Waals surface area contributed by atoms with Crippen molar-refractivity contribution in [3.8, 4) is 0 Å². The molecule has 3 rings (SSSR count). The van der Waals surface area contributed by atoms with Crippen molar-refractivity contribution in [3.05, 3.63) is 51.8 Å². The number of H-pyrrole nitrogens is 1. The number of aromatic amines is 1. The maximum Gasteiger partial charge on any atom is 0.0535 e. The number of nitrogens with zero attached hydrogens (tertiary/aromatic N) is 1. The summed E-state index contributed by atoms with van der Waals surface area (Å²) < 4.78 is 0. The van der Waals surface area contributed by atoms with Gasteiger partial charge in [0.2, 0.25) is 0 Å². The molecule has 0 amide bonds. The van der Waals surface area contributed by atoms with Gasteiger partial charge in [-0.1, -0.05) is 17.7 Å². The first-order chi connectivity index (χ1) is 8.72. The highest BCUT2D eigenvalue weighted by Gasteiger charge is 2.21. The van der Waals surface area contributed by atoms with Crippen molar-refractivity contribution in [3.63, 3.8) is 0 Å². The molecule has 94 valence electrons. The van der Waals surface area contributed by atoms with Crippen LogP contribution in [0.3, 0.4) is 0 Å². The molecule has 0 fully saturated rings. The summed E-state index contributed by atoms with van der Waals surface area (Å²) in [6, 6.07) is 6.71. The Kier molecular flexibility index (Phi) is 3.10. The topological polar surface area (TPSA) is 40.7 Å². The normalized spacial score (nSPS) is 18.0. The van der Waals surface area contributed by atoms with Crippen molar-refractivity contribution in [2.45, 2.75) is 32.4 Å². The van der Waals surface area contributed by atoms with Crippen LogP contribution in [0.25, 0.3) is 0 Å². The molecule has 0 radical (unpaired) electrons. The summed E-state index contributed by atoms with van der Waals surface area (Å²) in [5.41, 5.74) is 5.18. The molecule has 1 aromatic heterocycles. The van der Waals surface area contributed by atoms with Gasteiger partial charge in [-0.3, -0.25) is 5.10 Å². The van der Waals surface area contributed by atoms with Gasteiger partial charge in [-0.2, -0.15) is 5.10 Å². The van der Waals surface area contributed by atoms with Crippen LogP contribution < -0.4 is 5.32 Å². The van der Waals surface area contributed by atoms with E-state index in [-0.39, 0.29) is 0 Å². The second-order valence-electron chi connectivity index (χ2n) is 4.92. The smallest absolute Gasteiger partial charge is 0.0535 e. The molecule has 1 aliphatic carbocycles. The van der Waals surface area contributed by atoms with Crippen molar-refractivity contribution in [2.24, 2.45) is 0 Å². The Morgan fingerprint density at radius 1 is 1.39 bits per heavy atom. The maximum atomic E-state index is 6.02. The Bertz CT molecular complexity index is 562. The van der Waals surface area contributed by atoms with E-state index in [1.54, 1.807) is 0 Å². The molecule has 1 aliphatic rings. The molecular weight excluding hydrogens is 246 g/mol. The monoisotopic (exact) mass is 261 g/mol. The van der Waals surface area contributed by atoms with Crippen LogP contribution in [0.15, 0.2) is 24.4 Å². The molecule has 18 heavy (non-hydrogen) atoms. The summed E-state index contributed by atoms with van der Waals surface area (Å²) in [7, 11) is 0. The molecule has 0 bridgehead atoms. The molecule has 2 N–H and O–H groups in total. The van der Waals surface area contributed by atoms with Crippen molar-refractivity contribution < 1.29 is 0 Å². The van der Waals surface area contributed by atoms with E-state index in [9.17, 15) is 0 Å². The number of halogens is 1. The molecule has 0 spiro atoms. The first-order valence-electron chi connectivity index (χ1n) is 6.22. The number of hydrogen-bond acceptors (Lipinski definition) is 2. The van der Waals surface area contributed by atoms with E-state index in [2.05, 4.69) is 27.6 Å².